The maximum absolute atomic E-state index is 14.3. The Labute approximate surface area is 289 Å². The van der Waals surface area contributed by atoms with E-state index >= 15 is 0 Å². The first-order valence-corrected chi connectivity index (χ1v) is 16.6. The number of anilines is 1. The quantitative estimate of drug-likeness (QED) is 0.123. The van der Waals surface area contributed by atoms with E-state index in [4.69, 9.17) is 29.3 Å². The second-order valence-electron chi connectivity index (χ2n) is 12.0. The summed E-state index contributed by atoms with van der Waals surface area (Å²) < 4.78 is 48.0. The summed E-state index contributed by atoms with van der Waals surface area (Å²) >= 11 is 0. The van der Waals surface area contributed by atoms with Crippen molar-refractivity contribution in [2.45, 2.75) is 25.2 Å². The van der Waals surface area contributed by atoms with Gasteiger partial charge in [0.2, 0.25) is 0 Å². The van der Waals surface area contributed by atoms with Gasteiger partial charge >= 0.3 is 6.61 Å². The van der Waals surface area contributed by atoms with E-state index in [9.17, 15) is 8.78 Å². The summed E-state index contributed by atoms with van der Waals surface area (Å²) in [7, 11) is 0. The highest BCUT2D eigenvalue weighted by atomic mass is 19.3. The normalized spacial score (nSPS) is 14.2. The number of alkyl halides is 2. The third-order valence-corrected chi connectivity index (χ3v) is 8.74. The molecule has 0 bridgehead atoms. The van der Waals surface area contributed by atoms with Crippen LogP contribution < -0.4 is 4.90 Å². The topological polar surface area (TPSA) is 74.5 Å². The average molecular weight is 674 g/mol. The molecule has 1 fully saturated rings. The van der Waals surface area contributed by atoms with Crippen LogP contribution in [-0.2, 0) is 19.8 Å². The van der Waals surface area contributed by atoms with Crippen molar-refractivity contribution in [3.05, 3.63) is 162 Å². The van der Waals surface area contributed by atoms with Gasteiger partial charge in [-0.05, 0) is 35.7 Å². The number of morpholine rings is 1. The lowest BCUT2D eigenvalue weighted by Crippen LogP contribution is -2.37. The molecule has 0 amide bonds. The summed E-state index contributed by atoms with van der Waals surface area (Å²) in [5.74, 6) is 1.03. The van der Waals surface area contributed by atoms with Crippen LogP contribution in [0.2, 0.25) is 0 Å². The molecule has 1 aliphatic rings. The molecular formula is C40H37F2N5O3. The molecule has 0 N–H and O–H groups in total. The van der Waals surface area contributed by atoms with E-state index in [1.807, 2.05) is 133 Å². The van der Waals surface area contributed by atoms with E-state index in [1.54, 1.807) is 10.9 Å². The largest absolute Gasteiger partial charge is 0.378 e. The van der Waals surface area contributed by atoms with Crippen LogP contribution in [0.3, 0.4) is 0 Å². The Kier molecular flexibility index (Phi) is 10.0. The first-order valence-electron chi connectivity index (χ1n) is 16.6. The predicted octanol–water partition coefficient (Wildman–Crippen LogP) is 7.76. The Balaban J connectivity index is 1.32. The first-order chi connectivity index (χ1) is 24.5. The number of ether oxygens (including phenoxy) is 3. The van der Waals surface area contributed by atoms with E-state index in [1.165, 1.54) is 0 Å². The van der Waals surface area contributed by atoms with Crippen LogP contribution in [0.5, 0.6) is 0 Å². The first kappa shape index (κ1) is 33.2. The Morgan fingerprint density at radius 2 is 1.34 bits per heavy atom. The van der Waals surface area contributed by atoms with Crippen LogP contribution in [0.1, 0.15) is 34.2 Å². The van der Waals surface area contributed by atoms with Crippen molar-refractivity contribution < 1.29 is 23.0 Å². The Bertz CT molecular complexity index is 1890. The molecule has 0 spiro atoms. The fourth-order valence-electron chi connectivity index (χ4n) is 6.33. The number of hydrogen-bond acceptors (Lipinski definition) is 7. The molecule has 7 rings (SSSR count). The molecule has 2 aromatic heterocycles. The molecule has 8 nitrogen and oxygen atoms in total. The highest BCUT2D eigenvalue weighted by Crippen LogP contribution is 2.41. The lowest BCUT2D eigenvalue weighted by molar-refractivity contribution is -0.189. The third-order valence-electron chi connectivity index (χ3n) is 8.74. The molecule has 4 aromatic carbocycles. The van der Waals surface area contributed by atoms with Gasteiger partial charge in [-0.3, -0.25) is 0 Å². The van der Waals surface area contributed by atoms with E-state index < -0.39 is 18.3 Å². The summed E-state index contributed by atoms with van der Waals surface area (Å²) in [4.78, 5) is 11.6. The van der Waals surface area contributed by atoms with Gasteiger partial charge in [0, 0.05) is 30.9 Å². The standard InChI is InChI=1S/C40H37F2N5O3/c1-29-12-11-13-30(26-29)34-20-21-47(45-34)37-27-36(46-22-24-48-25-23-46)43-38(44-37)35(50-39(41)42)28-49-40(31-14-5-2-6-15-31,32-16-7-3-8-17-32)33-18-9-4-10-19-33/h2-21,26-27,35,39H,22-25,28H2,1H3. The van der Waals surface area contributed by atoms with Crippen LogP contribution in [0.25, 0.3) is 17.1 Å². The maximum atomic E-state index is 14.3. The number of aryl methyl sites for hydroxylation is 1. The zero-order chi connectivity index (χ0) is 34.3. The lowest BCUT2D eigenvalue weighted by Gasteiger charge is -2.37. The van der Waals surface area contributed by atoms with Gasteiger partial charge in [0.05, 0.1) is 25.5 Å². The van der Waals surface area contributed by atoms with Crippen molar-refractivity contribution in [1.82, 2.24) is 19.7 Å². The van der Waals surface area contributed by atoms with Crippen molar-refractivity contribution in [3.63, 3.8) is 0 Å². The zero-order valence-corrected chi connectivity index (χ0v) is 27.6. The molecule has 1 atom stereocenters. The van der Waals surface area contributed by atoms with Crippen molar-refractivity contribution >= 4 is 5.82 Å². The zero-order valence-electron chi connectivity index (χ0n) is 27.6. The molecule has 0 saturated carbocycles. The van der Waals surface area contributed by atoms with Crippen LogP contribution >= 0.6 is 0 Å². The number of halogens is 2. The van der Waals surface area contributed by atoms with Crippen molar-refractivity contribution in [2.24, 2.45) is 0 Å². The molecule has 10 heteroatoms. The minimum absolute atomic E-state index is 0.0555. The molecular weight excluding hydrogens is 636 g/mol. The van der Waals surface area contributed by atoms with Crippen LogP contribution in [-0.4, -0.2) is 59.3 Å². The minimum Gasteiger partial charge on any atom is -0.378 e. The van der Waals surface area contributed by atoms with Gasteiger partial charge in [-0.25, -0.2) is 14.6 Å². The molecule has 3 heterocycles. The van der Waals surface area contributed by atoms with E-state index in [-0.39, 0.29) is 12.4 Å². The summed E-state index contributed by atoms with van der Waals surface area (Å²) in [5.41, 5.74) is 4.15. The lowest BCUT2D eigenvalue weighted by atomic mass is 9.80. The fraction of sp³-hybridized carbons (Fsp3) is 0.225. The van der Waals surface area contributed by atoms with Gasteiger partial charge in [0.15, 0.2) is 11.6 Å². The van der Waals surface area contributed by atoms with E-state index in [0.29, 0.717) is 37.9 Å². The maximum Gasteiger partial charge on any atom is 0.346 e. The Hall–Kier alpha value is -5.29. The molecule has 0 aliphatic carbocycles. The highest BCUT2D eigenvalue weighted by molar-refractivity contribution is 5.60. The molecule has 1 unspecified atom stereocenters. The average Bonchev–Trinajstić information content (AvgIpc) is 3.67. The molecule has 0 radical (unpaired) electrons. The predicted molar refractivity (Wildman–Crippen MR) is 187 cm³/mol. The number of aromatic nitrogens is 4. The van der Waals surface area contributed by atoms with Crippen molar-refractivity contribution in [1.29, 1.82) is 0 Å². The summed E-state index contributed by atoms with van der Waals surface area (Å²) in [5, 5.41) is 4.81. The molecule has 50 heavy (non-hydrogen) atoms. The van der Waals surface area contributed by atoms with Crippen LogP contribution in [0, 0.1) is 6.92 Å². The van der Waals surface area contributed by atoms with Gasteiger partial charge in [0.1, 0.15) is 17.5 Å². The second-order valence-corrected chi connectivity index (χ2v) is 12.0. The van der Waals surface area contributed by atoms with Gasteiger partial charge in [0.25, 0.3) is 0 Å². The van der Waals surface area contributed by atoms with Crippen LogP contribution in [0.4, 0.5) is 14.6 Å². The molecule has 6 aromatic rings. The smallest absolute Gasteiger partial charge is 0.346 e. The van der Waals surface area contributed by atoms with Gasteiger partial charge < -0.3 is 19.1 Å². The summed E-state index contributed by atoms with van der Waals surface area (Å²) in [6.07, 6.45) is 0.467. The van der Waals surface area contributed by atoms with E-state index in [0.717, 1.165) is 33.5 Å². The van der Waals surface area contributed by atoms with Gasteiger partial charge in [-0.15, -0.1) is 0 Å². The third kappa shape index (κ3) is 7.18. The summed E-state index contributed by atoms with van der Waals surface area (Å²) in [6, 6.07) is 41.0. The van der Waals surface area contributed by atoms with E-state index in [2.05, 4.69) is 6.07 Å². The highest BCUT2D eigenvalue weighted by Gasteiger charge is 2.39. The number of rotatable bonds is 12. The SMILES string of the molecule is Cc1cccc(-c2ccn(-c3cc(N4CCOCC4)nc(C(COC(c4ccccc4)(c4ccccc4)c4ccccc4)OC(F)F)n3)n2)c1. The van der Waals surface area contributed by atoms with Crippen LogP contribution in [0.15, 0.2) is 134 Å². The Morgan fingerprint density at radius 1 is 0.740 bits per heavy atom. The number of nitrogens with zero attached hydrogens (tertiary/aromatic N) is 5. The van der Waals surface area contributed by atoms with Crippen molar-refractivity contribution in [3.8, 4) is 17.1 Å². The Morgan fingerprint density at radius 3 is 1.92 bits per heavy atom. The molecule has 1 aliphatic heterocycles. The molecule has 254 valence electrons. The molecule has 1 saturated heterocycles. The van der Waals surface area contributed by atoms with Gasteiger partial charge in [-0.1, -0.05) is 115 Å². The second kappa shape index (κ2) is 15.1. The summed E-state index contributed by atoms with van der Waals surface area (Å²) in [6.45, 7) is 0.824. The fourth-order valence-corrected chi connectivity index (χ4v) is 6.33. The van der Waals surface area contributed by atoms with Gasteiger partial charge in [-0.2, -0.15) is 13.9 Å². The van der Waals surface area contributed by atoms with Crippen molar-refractivity contribution in [2.75, 3.05) is 37.8 Å². The minimum atomic E-state index is -3.11. The monoisotopic (exact) mass is 673 g/mol. The number of benzene rings is 4. The number of hydrogen-bond donors (Lipinski definition) is 0.